The van der Waals surface area contributed by atoms with E-state index >= 15 is 0 Å². The Balaban J connectivity index is 1.81. The normalized spacial score (nSPS) is 13.1. The maximum atomic E-state index is 12.8. The molecule has 1 aromatic heterocycles. The average Bonchev–Trinajstić information content (AvgIpc) is 3.18. The second-order valence-electron chi connectivity index (χ2n) is 6.67. The zero-order valence-corrected chi connectivity index (χ0v) is 16.6. The van der Waals surface area contributed by atoms with Crippen LogP contribution in [0.5, 0.6) is 0 Å². The van der Waals surface area contributed by atoms with Crippen LogP contribution in [-0.2, 0) is 11.3 Å². The lowest BCUT2D eigenvalue weighted by Gasteiger charge is -2.19. The molecule has 0 bridgehead atoms. The Morgan fingerprint density at radius 1 is 1.22 bits per heavy atom. The van der Waals surface area contributed by atoms with Gasteiger partial charge in [0.25, 0.3) is 0 Å². The first-order chi connectivity index (χ1) is 12.9. The molecule has 2 aromatic rings. The predicted octanol–water partition coefficient (Wildman–Crippen LogP) is 2.31. The molecule has 0 amide bonds. The number of thioether (sulfide) groups is 1. The standard InChI is InChI=1S/C18H21N7OS/c1-12(2)10-25-18(20-21-22-25)27-11-16(26)13(9-19)17-23(3)14-7-5-6-8-15(14)24(17)4/h5-8,12H,10-11H2,1-4H3. The van der Waals surface area contributed by atoms with Crippen molar-refractivity contribution in [2.75, 3.05) is 29.6 Å². The van der Waals surface area contributed by atoms with Gasteiger partial charge in [0.2, 0.25) is 5.16 Å². The first kappa shape index (κ1) is 18.9. The third-order valence-electron chi connectivity index (χ3n) is 4.22. The summed E-state index contributed by atoms with van der Waals surface area (Å²) in [5, 5.41) is 21.9. The third kappa shape index (κ3) is 3.66. The number of nitrogens with zero attached hydrogens (tertiary/aromatic N) is 7. The first-order valence-corrected chi connectivity index (χ1v) is 9.55. The van der Waals surface area contributed by atoms with Crippen LogP contribution in [0.1, 0.15) is 13.8 Å². The second kappa shape index (κ2) is 7.80. The van der Waals surface area contributed by atoms with Gasteiger partial charge >= 0.3 is 0 Å². The molecule has 0 unspecified atom stereocenters. The Morgan fingerprint density at radius 2 is 1.85 bits per heavy atom. The number of aromatic nitrogens is 4. The van der Waals surface area contributed by atoms with Gasteiger partial charge in [-0.25, -0.2) is 4.68 Å². The minimum atomic E-state index is -0.247. The number of ketones is 1. The van der Waals surface area contributed by atoms with Crippen LogP contribution in [0, 0.1) is 17.2 Å². The number of allylic oxidation sites excluding steroid dienone is 1. The molecule has 0 atom stereocenters. The van der Waals surface area contributed by atoms with E-state index < -0.39 is 0 Å². The number of carbonyl (C=O) groups excluding carboxylic acids is 1. The summed E-state index contributed by atoms with van der Waals surface area (Å²) in [6.45, 7) is 4.82. The summed E-state index contributed by atoms with van der Waals surface area (Å²) >= 11 is 1.25. The van der Waals surface area contributed by atoms with E-state index in [1.807, 2.05) is 48.2 Å². The van der Waals surface area contributed by atoms with Crippen molar-refractivity contribution in [3.63, 3.8) is 0 Å². The number of nitriles is 1. The Labute approximate surface area is 162 Å². The van der Waals surface area contributed by atoms with Crippen LogP contribution < -0.4 is 9.80 Å². The Morgan fingerprint density at radius 3 is 2.41 bits per heavy atom. The summed E-state index contributed by atoms with van der Waals surface area (Å²) in [7, 11) is 3.72. The van der Waals surface area contributed by atoms with Gasteiger partial charge in [-0.05, 0) is 28.5 Å². The number of anilines is 2. The van der Waals surface area contributed by atoms with Crippen molar-refractivity contribution in [1.29, 1.82) is 5.26 Å². The number of benzene rings is 1. The van der Waals surface area contributed by atoms with Gasteiger partial charge in [-0.2, -0.15) is 5.26 Å². The van der Waals surface area contributed by atoms with Gasteiger partial charge in [0.1, 0.15) is 17.5 Å². The molecule has 0 spiro atoms. The molecule has 0 saturated heterocycles. The summed E-state index contributed by atoms with van der Waals surface area (Å²) in [5.74, 6) is 0.830. The smallest absolute Gasteiger partial charge is 0.209 e. The summed E-state index contributed by atoms with van der Waals surface area (Å²) in [6, 6.07) is 9.89. The van der Waals surface area contributed by atoms with E-state index in [1.54, 1.807) is 4.68 Å². The van der Waals surface area contributed by atoms with Crippen molar-refractivity contribution in [2.45, 2.75) is 25.5 Å². The van der Waals surface area contributed by atoms with E-state index in [-0.39, 0.29) is 17.1 Å². The Kier molecular flexibility index (Phi) is 5.46. The van der Waals surface area contributed by atoms with E-state index in [2.05, 4.69) is 35.4 Å². The second-order valence-corrected chi connectivity index (χ2v) is 7.61. The topological polar surface area (TPSA) is 90.9 Å². The van der Waals surface area contributed by atoms with E-state index in [0.717, 1.165) is 11.4 Å². The van der Waals surface area contributed by atoms with Crippen LogP contribution in [0.15, 0.2) is 40.8 Å². The highest BCUT2D eigenvalue weighted by molar-refractivity contribution is 7.99. The van der Waals surface area contributed by atoms with E-state index in [4.69, 9.17) is 0 Å². The van der Waals surface area contributed by atoms with Crippen molar-refractivity contribution in [1.82, 2.24) is 20.2 Å². The molecule has 1 aliphatic rings. The number of Topliss-reactive ketones (excluding diaryl/α,β-unsaturated/α-hetero) is 1. The van der Waals surface area contributed by atoms with Gasteiger partial charge in [0.05, 0.1) is 17.1 Å². The summed E-state index contributed by atoms with van der Waals surface area (Å²) in [6.07, 6.45) is 0. The lowest BCUT2D eigenvalue weighted by Crippen LogP contribution is -2.26. The van der Waals surface area contributed by atoms with Crippen molar-refractivity contribution in [3.8, 4) is 6.07 Å². The van der Waals surface area contributed by atoms with Gasteiger partial charge in [-0.1, -0.05) is 37.7 Å². The fourth-order valence-corrected chi connectivity index (χ4v) is 3.78. The fourth-order valence-electron chi connectivity index (χ4n) is 3.02. The lowest BCUT2D eigenvalue weighted by molar-refractivity contribution is -0.112. The molecule has 9 heteroatoms. The minimum Gasteiger partial charge on any atom is -0.328 e. The van der Waals surface area contributed by atoms with Crippen LogP contribution in [0.25, 0.3) is 0 Å². The highest BCUT2D eigenvalue weighted by Gasteiger charge is 2.31. The molecule has 1 aromatic carbocycles. The van der Waals surface area contributed by atoms with Gasteiger partial charge in [0, 0.05) is 20.6 Å². The van der Waals surface area contributed by atoms with Crippen LogP contribution in [0.3, 0.4) is 0 Å². The maximum Gasteiger partial charge on any atom is 0.209 e. The quantitative estimate of drug-likeness (QED) is 0.426. The summed E-state index contributed by atoms with van der Waals surface area (Å²) in [4.78, 5) is 16.5. The summed E-state index contributed by atoms with van der Waals surface area (Å²) in [5.41, 5.74) is 2.06. The van der Waals surface area contributed by atoms with Crippen LogP contribution in [-0.4, -0.2) is 45.8 Å². The van der Waals surface area contributed by atoms with Gasteiger partial charge in [-0.15, -0.1) is 5.10 Å². The molecule has 0 saturated carbocycles. The third-order valence-corrected chi connectivity index (χ3v) is 5.18. The van der Waals surface area contributed by atoms with Gasteiger partial charge < -0.3 is 9.80 Å². The number of para-hydroxylation sites is 2. The van der Waals surface area contributed by atoms with Gasteiger partial charge in [-0.3, -0.25) is 4.79 Å². The molecular weight excluding hydrogens is 362 g/mol. The number of hydrogen-bond donors (Lipinski definition) is 0. The molecule has 140 valence electrons. The molecule has 2 heterocycles. The number of carbonyl (C=O) groups is 1. The molecule has 1 aliphatic heterocycles. The Hall–Kier alpha value is -2.86. The summed E-state index contributed by atoms with van der Waals surface area (Å²) < 4.78 is 1.69. The number of tetrazole rings is 1. The highest BCUT2D eigenvalue weighted by atomic mass is 32.2. The molecule has 3 rings (SSSR count). The molecule has 0 aliphatic carbocycles. The fraction of sp³-hybridized carbons (Fsp3) is 0.389. The van der Waals surface area contributed by atoms with Crippen LogP contribution in [0.2, 0.25) is 0 Å². The largest absolute Gasteiger partial charge is 0.328 e. The van der Waals surface area contributed by atoms with E-state index in [0.29, 0.717) is 23.4 Å². The van der Waals surface area contributed by atoms with Gasteiger partial charge in [0.15, 0.2) is 5.78 Å². The maximum absolute atomic E-state index is 12.8. The SMILES string of the molecule is CC(C)Cn1nnnc1SCC(=O)C(C#N)=C1N(C)c2ccccc2N1C. The molecule has 27 heavy (non-hydrogen) atoms. The Bertz CT molecular complexity index is 897. The lowest BCUT2D eigenvalue weighted by atomic mass is 10.2. The predicted molar refractivity (Wildman–Crippen MR) is 104 cm³/mol. The van der Waals surface area contributed by atoms with Crippen LogP contribution in [0.4, 0.5) is 11.4 Å². The van der Waals surface area contributed by atoms with Crippen molar-refractivity contribution in [2.24, 2.45) is 5.92 Å². The molecule has 0 fully saturated rings. The average molecular weight is 383 g/mol. The minimum absolute atomic E-state index is 0.100. The van der Waals surface area contributed by atoms with Crippen molar-refractivity contribution in [3.05, 3.63) is 35.7 Å². The monoisotopic (exact) mass is 383 g/mol. The van der Waals surface area contributed by atoms with E-state index in [9.17, 15) is 10.1 Å². The van der Waals surface area contributed by atoms with Crippen molar-refractivity contribution >= 4 is 28.9 Å². The molecule has 8 nitrogen and oxygen atoms in total. The highest BCUT2D eigenvalue weighted by Crippen LogP contribution is 2.40. The molecular formula is C18H21N7OS. The zero-order valence-electron chi connectivity index (χ0n) is 15.7. The van der Waals surface area contributed by atoms with Crippen LogP contribution >= 0.6 is 11.8 Å². The van der Waals surface area contributed by atoms with Crippen molar-refractivity contribution < 1.29 is 4.79 Å². The molecule has 0 radical (unpaired) electrons. The first-order valence-electron chi connectivity index (χ1n) is 8.57. The molecule has 0 N–H and O–H groups in total. The zero-order chi connectivity index (χ0) is 19.6. The number of fused-ring (bicyclic) bond motifs is 1. The number of hydrogen-bond acceptors (Lipinski definition) is 8. The number of rotatable bonds is 6. The van der Waals surface area contributed by atoms with E-state index in [1.165, 1.54) is 11.8 Å².